The molecule has 0 saturated heterocycles. The number of carboxylic acid groups (broad SMARTS) is 1. The number of nitrogens with zero attached hydrogens (tertiary/aromatic N) is 1. The number of carboxylic acids is 1. The Morgan fingerprint density at radius 2 is 2.06 bits per heavy atom. The summed E-state index contributed by atoms with van der Waals surface area (Å²) in [6.45, 7) is 0. The second-order valence-corrected chi connectivity index (χ2v) is 3.66. The predicted octanol–water partition coefficient (Wildman–Crippen LogP) is 2.20. The fraction of sp³-hybridized carbons (Fsp3) is 0.333. The molecule has 0 spiro atoms. The fourth-order valence-electron chi connectivity index (χ4n) is 1.55. The minimum Gasteiger partial charge on any atom is -0.479 e. The van der Waals surface area contributed by atoms with Crippen LogP contribution in [0.25, 0.3) is 0 Å². The minimum absolute atomic E-state index is 0.191. The zero-order chi connectivity index (χ0) is 13.7. The van der Waals surface area contributed by atoms with Crippen LogP contribution in [0.3, 0.4) is 0 Å². The van der Waals surface area contributed by atoms with Gasteiger partial charge in [0.2, 0.25) is 0 Å². The van der Waals surface area contributed by atoms with Gasteiger partial charge in [0.05, 0.1) is 6.07 Å². The van der Waals surface area contributed by atoms with Gasteiger partial charge in [-0.3, -0.25) is 0 Å². The van der Waals surface area contributed by atoms with Gasteiger partial charge in [0.1, 0.15) is 0 Å². The molecule has 1 atom stereocenters. The SMILES string of the molecule is N#CCCc1ccc(C(F)F)c(C(O)C(=O)O)c1. The van der Waals surface area contributed by atoms with Crippen LogP contribution in [0.4, 0.5) is 8.78 Å². The highest BCUT2D eigenvalue weighted by atomic mass is 19.3. The summed E-state index contributed by atoms with van der Waals surface area (Å²) in [4.78, 5) is 10.7. The maximum absolute atomic E-state index is 12.7. The van der Waals surface area contributed by atoms with E-state index in [1.807, 2.05) is 6.07 Å². The Bertz CT molecular complexity index is 483. The zero-order valence-corrected chi connectivity index (χ0v) is 9.31. The Morgan fingerprint density at radius 1 is 1.39 bits per heavy atom. The lowest BCUT2D eigenvalue weighted by Crippen LogP contribution is -2.13. The molecule has 6 heteroatoms. The number of carbonyl (C=O) groups is 1. The van der Waals surface area contributed by atoms with Crippen LogP contribution in [0.5, 0.6) is 0 Å². The van der Waals surface area contributed by atoms with Crippen molar-refractivity contribution in [1.29, 1.82) is 5.26 Å². The first-order valence-corrected chi connectivity index (χ1v) is 5.16. The van der Waals surface area contributed by atoms with Crippen LogP contribution in [0.2, 0.25) is 0 Å². The van der Waals surface area contributed by atoms with E-state index in [1.54, 1.807) is 0 Å². The summed E-state index contributed by atoms with van der Waals surface area (Å²) in [5.41, 5.74) is -0.296. The topological polar surface area (TPSA) is 81.3 Å². The number of rotatable bonds is 5. The van der Waals surface area contributed by atoms with Crippen molar-refractivity contribution in [2.75, 3.05) is 0 Å². The van der Waals surface area contributed by atoms with E-state index in [-0.39, 0.29) is 12.0 Å². The lowest BCUT2D eigenvalue weighted by atomic mass is 9.97. The number of hydrogen-bond acceptors (Lipinski definition) is 3. The number of benzene rings is 1. The van der Waals surface area contributed by atoms with Crippen LogP contribution in [0, 0.1) is 11.3 Å². The van der Waals surface area contributed by atoms with Crippen molar-refractivity contribution >= 4 is 5.97 Å². The molecule has 1 unspecified atom stereocenters. The summed E-state index contributed by atoms with van der Waals surface area (Å²) in [6, 6.07) is 5.59. The average molecular weight is 255 g/mol. The molecule has 0 saturated carbocycles. The van der Waals surface area contributed by atoms with E-state index in [1.165, 1.54) is 12.1 Å². The van der Waals surface area contributed by atoms with E-state index in [0.29, 0.717) is 12.0 Å². The van der Waals surface area contributed by atoms with Crippen LogP contribution in [-0.2, 0) is 11.2 Å². The summed E-state index contributed by atoms with van der Waals surface area (Å²) in [5.74, 6) is -1.59. The van der Waals surface area contributed by atoms with Crippen molar-refractivity contribution in [3.8, 4) is 6.07 Å². The number of aliphatic hydroxyl groups is 1. The molecular weight excluding hydrogens is 244 g/mol. The normalized spacial score (nSPS) is 12.2. The Hall–Kier alpha value is -2.00. The van der Waals surface area contributed by atoms with E-state index < -0.39 is 24.1 Å². The van der Waals surface area contributed by atoms with Gasteiger partial charge in [-0.25, -0.2) is 13.6 Å². The number of aliphatic carboxylic acids is 1. The highest BCUT2D eigenvalue weighted by molar-refractivity contribution is 5.74. The summed E-state index contributed by atoms with van der Waals surface area (Å²) in [7, 11) is 0. The van der Waals surface area contributed by atoms with Crippen LogP contribution in [0.1, 0.15) is 35.6 Å². The van der Waals surface area contributed by atoms with Gasteiger partial charge < -0.3 is 10.2 Å². The number of nitriles is 1. The van der Waals surface area contributed by atoms with Crippen LogP contribution >= 0.6 is 0 Å². The van der Waals surface area contributed by atoms with Crippen molar-refractivity contribution < 1.29 is 23.8 Å². The van der Waals surface area contributed by atoms with Crippen molar-refractivity contribution in [2.24, 2.45) is 0 Å². The Morgan fingerprint density at radius 3 is 2.56 bits per heavy atom. The first kappa shape index (κ1) is 14.1. The number of aryl methyl sites for hydroxylation is 1. The van der Waals surface area contributed by atoms with E-state index in [9.17, 15) is 18.7 Å². The summed E-state index contributed by atoms with van der Waals surface area (Å²) < 4.78 is 25.4. The largest absolute Gasteiger partial charge is 0.479 e. The van der Waals surface area contributed by atoms with Gasteiger partial charge in [-0.1, -0.05) is 18.2 Å². The third-order valence-electron chi connectivity index (χ3n) is 2.44. The van der Waals surface area contributed by atoms with Crippen LogP contribution in [0.15, 0.2) is 18.2 Å². The standard InChI is InChI=1S/C12H11F2NO3/c13-11(14)8-4-3-7(2-1-5-15)6-9(8)10(16)12(17)18/h3-4,6,10-11,16H,1-2H2,(H,17,18). The smallest absolute Gasteiger partial charge is 0.337 e. The molecule has 1 aromatic rings. The maximum Gasteiger partial charge on any atom is 0.337 e. The van der Waals surface area contributed by atoms with Gasteiger partial charge in [0.15, 0.2) is 6.10 Å². The van der Waals surface area contributed by atoms with Crippen molar-refractivity contribution in [1.82, 2.24) is 0 Å². The lowest BCUT2D eigenvalue weighted by Gasteiger charge is -2.13. The Labute approximate surface area is 102 Å². The molecule has 0 aliphatic heterocycles. The molecule has 0 fully saturated rings. The third kappa shape index (κ3) is 3.25. The molecule has 0 heterocycles. The zero-order valence-electron chi connectivity index (χ0n) is 9.31. The van der Waals surface area contributed by atoms with Crippen LogP contribution in [-0.4, -0.2) is 16.2 Å². The minimum atomic E-state index is -2.86. The van der Waals surface area contributed by atoms with E-state index in [0.717, 1.165) is 6.07 Å². The molecular formula is C12H11F2NO3. The second-order valence-electron chi connectivity index (χ2n) is 3.66. The Kier molecular flexibility index (Phi) is 4.75. The average Bonchev–Trinajstić information content (AvgIpc) is 2.34. The molecule has 1 rings (SSSR count). The summed E-state index contributed by atoms with van der Waals surface area (Å²) in [5, 5.41) is 26.5. The second kappa shape index (κ2) is 6.07. The molecule has 0 aromatic heterocycles. The quantitative estimate of drug-likeness (QED) is 0.845. The predicted molar refractivity (Wildman–Crippen MR) is 57.9 cm³/mol. The van der Waals surface area contributed by atoms with Gasteiger partial charge in [-0.05, 0) is 12.0 Å². The maximum atomic E-state index is 12.7. The highest BCUT2D eigenvalue weighted by Crippen LogP contribution is 2.29. The molecule has 0 aliphatic rings. The van der Waals surface area contributed by atoms with Crippen molar-refractivity contribution in [3.05, 3.63) is 34.9 Å². The number of alkyl halides is 2. The lowest BCUT2D eigenvalue weighted by molar-refractivity contribution is -0.147. The van der Waals surface area contributed by atoms with E-state index in [2.05, 4.69) is 0 Å². The monoisotopic (exact) mass is 255 g/mol. The van der Waals surface area contributed by atoms with Gasteiger partial charge >= 0.3 is 5.97 Å². The molecule has 1 aromatic carbocycles. The number of hydrogen-bond donors (Lipinski definition) is 2. The molecule has 4 nitrogen and oxygen atoms in total. The molecule has 0 aliphatic carbocycles. The molecule has 0 radical (unpaired) electrons. The van der Waals surface area contributed by atoms with E-state index in [4.69, 9.17) is 10.4 Å². The summed E-state index contributed by atoms with van der Waals surface area (Å²) in [6.07, 6.45) is -4.34. The summed E-state index contributed by atoms with van der Waals surface area (Å²) >= 11 is 0. The molecule has 96 valence electrons. The number of aliphatic hydroxyl groups excluding tert-OH is 1. The molecule has 0 amide bonds. The van der Waals surface area contributed by atoms with Crippen molar-refractivity contribution in [3.63, 3.8) is 0 Å². The van der Waals surface area contributed by atoms with Gasteiger partial charge in [0, 0.05) is 17.5 Å². The number of halogens is 2. The van der Waals surface area contributed by atoms with Gasteiger partial charge in [-0.2, -0.15) is 5.26 Å². The first-order valence-electron chi connectivity index (χ1n) is 5.16. The van der Waals surface area contributed by atoms with Crippen LogP contribution < -0.4 is 0 Å². The van der Waals surface area contributed by atoms with E-state index >= 15 is 0 Å². The molecule has 2 N–H and O–H groups in total. The molecule has 18 heavy (non-hydrogen) atoms. The first-order chi connectivity index (χ1) is 8.47. The third-order valence-corrected chi connectivity index (χ3v) is 2.44. The van der Waals surface area contributed by atoms with Crippen molar-refractivity contribution in [2.45, 2.75) is 25.4 Å². The Balaban J connectivity index is 3.16. The molecule has 0 bridgehead atoms. The highest BCUT2D eigenvalue weighted by Gasteiger charge is 2.23. The fourth-order valence-corrected chi connectivity index (χ4v) is 1.55. The van der Waals surface area contributed by atoms with Gasteiger partial charge in [0.25, 0.3) is 6.43 Å². The van der Waals surface area contributed by atoms with Gasteiger partial charge in [-0.15, -0.1) is 0 Å².